The molecule has 0 radical (unpaired) electrons. The summed E-state index contributed by atoms with van der Waals surface area (Å²) >= 11 is 0. The quantitative estimate of drug-likeness (QED) is 0.711. The van der Waals surface area contributed by atoms with Crippen molar-refractivity contribution in [3.63, 3.8) is 0 Å². The third-order valence-corrected chi connectivity index (χ3v) is 5.56. The standard InChI is InChI=1S/C15H21N3/c16-10-14-7-3-1-5-12(14)9-13-6-2-4-8-15(13,11-17)18-14/h12-13,18H,1-9H2. The second kappa shape index (κ2) is 4.25. The Balaban J connectivity index is 1.95. The summed E-state index contributed by atoms with van der Waals surface area (Å²) in [6, 6.07) is 5.10. The van der Waals surface area contributed by atoms with E-state index in [9.17, 15) is 10.5 Å². The third kappa shape index (κ3) is 1.57. The molecular weight excluding hydrogens is 222 g/mol. The fourth-order valence-electron chi connectivity index (χ4n) is 4.55. The van der Waals surface area contributed by atoms with Crippen molar-refractivity contribution in [2.24, 2.45) is 11.8 Å². The highest BCUT2D eigenvalue weighted by Crippen LogP contribution is 2.49. The first-order valence-electron chi connectivity index (χ1n) is 7.36. The number of nitriles is 2. The van der Waals surface area contributed by atoms with Gasteiger partial charge in [-0.25, -0.2) is 0 Å². The summed E-state index contributed by atoms with van der Waals surface area (Å²) in [7, 11) is 0. The zero-order valence-corrected chi connectivity index (χ0v) is 10.9. The SMILES string of the molecule is N#CC12CCCCC1CC1CCCCC1(C#N)N2. The van der Waals surface area contributed by atoms with E-state index < -0.39 is 11.1 Å². The van der Waals surface area contributed by atoms with E-state index in [0.717, 1.165) is 32.1 Å². The van der Waals surface area contributed by atoms with Gasteiger partial charge in [-0.15, -0.1) is 0 Å². The topological polar surface area (TPSA) is 59.6 Å². The summed E-state index contributed by atoms with van der Waals surface area (Å²) in [5, 5.41) is 22.9. The Bertz CT molecular complexity index is 380. The highest BCUT2D eigenvalue weighted by Gasteiger charge is 2.56. The lowest BCUT2D eigenvalue weighted by molar-refractivity contribution is 0.0240. The van der Waals surface area contributed by atoms with Crippen molar-refractivity contribution in [1.82, 2.24) is 5.32 Å². The molecule has 1 heterocycles. The van der Waals surface area contributed by atoms with Gasteiger partial charge in [0, 0.05) is 0 Å². The van der Waals surface area contributed by atoms with Crippen molar-refractivity contribution < 1.29 is 0 Å². The summed E-state index contributed by atoms with van der Waals surface area (Å²) in [6.07, 6.45) is 10.1. The molecule has 3 fully saturated rings. The zero-order valence-electron chi connectivity index (χ0n) is 10.9. The van der Waals surface area contributed by atoms with Gasteiger partial charge in [-0.2, -0.15) is 10.5 Å². The molecule has 96 valence electrons. The first-order chi connectivity index (χ1) is 8.75. The molecule has 0 aromatic carbocycles. The first kappa shape index (κ1) is 12.0. The predicted octanol–water partition coefficient (Wildman–Crippen LogP) is 2.88. The molecule has 1 N–H and O–H groups in total. The van der Waals surface area contributed by atoms with Crippen LogP contribution in [0.1, 0.15) is 57.8 Å². The molecule has 2 saturated carbocycles. The van der Waals surface area contributed by atoms with Crippen LogP contribution in [-0.2, 0) is 0 Å². The van der Waals surface area contributed by atoms with Crippen molar-refractivity contribution in [2.75, 3.05) is 0 Å². The summed E-state index contributed by atoms with van der Waals surface area (Å²) in [6.45, 7) is 0. The average Bonchev–Trinajstić information content (AvgIpc) is 2.44. The van der Waals surface area contributed by atoms with Crippen molar-refractivity contribution in [3.8, 4) is 12.1 Å². The van der Waals surface area contributed by atoms with Crippen LogP contribution >= 0.6 is 0 Å². The first-order valence-corrected chi connectivity index (χ1v) is 7.36. The van der Waals surface area contributed by atoms with E-state index in [2.05, 4.69) is 17.5 Å². The van der Waals surface area contributed by atoms with E-state index in [1.165, 1.54) is 25.7 Å². The number of nitrogens with zero attached hydrogens (tertiary/aromatic N) is 2. The van der Waals surface area contributed by atoms with Gasteiger partial charge < -0.3 is 0 Å². The maximum absolute atomic E-state index is 9.66. The van der Waals surface area contributed by atoms with Gasteiger partial charge in [-0.3, -0.25) is 5.32 Å². The Morgan fingerprint density at radius 1 is 0.833 bits per heavy atom. The fourth-order valence-corrected chi connectivity index (χ4v) is 4.55. The predicted molar refractivity (Wildman–Crippen MR) is 68.4 cm³/mol. The monoisotopic (exact) mass is 243 g/mol. The lowest BCUT2D eigenvalue weighted by Gasteiger charge is -2.55. The highest BCUT2D eigenvalue weighted by atomic mass is 15.1. The van der Waals surface area contributed by atoms with Gasteiger partial charge in [0.15, 0.2) is 0 Å². The molecule has 4 atom stereocenters. The van der Waals surface area contributed by atoms with Crippen molar-refractivity contribution in [3.05, 3.63) is 0 Å². The van der Waals surface area contributed by atoms with Crippen molar-refractivity contribution in [2.45, 2.75) is 68.9 Å². The maximum Gasteiger partial charge on any atom is 0.110 e. The number of fused-ring (bicyclic) bond motifs is 2. The number of rotatable bonds is 0. The van der Waals surface area contributed by atoms with Crippen LogP contribution < -0.4 is 5.32 Å². The molecule has 1 saturated heterocycles. The van der Waals surface area contributed by atoms with Gasteiger partial charge in [-0.1, -0.05) is 25.7 Å². The minimum Gasteiger partial charge on any atom is -0.281 e. The Labute approximate surface area is 109 Å². The van der Waals surface area contributed by atoms with E-state index in [0.29, 0.717) is 11.8 Å². The molecule has 3 aliphatic rings. The molecule has 3 nitrogen and oxygen atoms in total. The molecule has 1 aliphatic heterocycles. The number of nitrogens with one attached hydrogen (secondary N) is 1. The van der Waals surface area contributed by atoms with E-state index in [4.69, 9.17) is 0 Å². The molecule has 18 heavy (non-hydrogen) atoms. The molecule has 0 aromatic heterocycles. The van der Waals surface area contributed by atoms with E-state index in [1.54, 1.807) is 0 Å². The van der Waals surface area contributed by atoms with Crippen molar-refractivity contribution >= 4 is 0 Å². The van der Waals surface area contributed by atoms with Crippen LogP contribution in [-0.4, -0.2) is 11.1 Å². The van der Waals surface area contributed by atoms with Gasteiger partial charge in [0.1, 0.15) is 11.1 Å². The van der Waals surface area contributed by atoms with Crippen LogP contribution in [0.2, 0.25) is 0 Å². The van der Waals surface area contributed by atoms with E-state index >= 15 is 0 Å². The molecule has 4 unspecified atom stereocenters. The Hall–Kier alpha value is -1.06. The van der Waals surface area contributed by atoms with E-state index in [-0.39, 0.29) is 0 Å². The second-order valence-electron chi connectivity index (χ2n) is 6.41. The summed E-state index contributed by atoms with van der Waals surface area (Å²) in [5.41, 5.74) is -0.802. The van der Waals surface area contributed by atoms with Crippen LogP contribution in [0.15, 0.2) is 0 Å². The summed E-state index contributed by atoms with van der Waals surface area (Å²) in [5.74, 6) is 0.946. The van der Waals surface area contributed by atoms with Gasteiger partial charge in [-0.05, 0) is 43.9 Å². The number of hydrogen-bond acceptors (Lipinski definition) is 3. The summed E-state index contributed by atoms with van der Waals surface area (Å²) < 4.78 is 0. The third-order valence-electron chi connectivity index (χ3n) is 5.56. The van der Waals surface area contributed by atoms with Crippen LogP contribution in [0.3, 0.4) is 0 Å². The lowest BCUT2D eigenvalue weighted by atomic mass is 9.58. The summed E-state index contributed by atoms with van der Waals surface area (Å²) in [4.78, 5) is 0. The average molecular weight is 243 g/mol. The molecule has 0 aromatic rings. The molecule has 3 heteroatoms. The van der Waals surface area contributed by atoms with Crippen LogP contribution in [0, 0.1) is 34.5 Å². The van der Waals surface area contributed by atoms with E-state index in [1.807, 2.05) is 0 Å². The molecule has 0 amide bonds. The highest BCUT2D eigenvalue weighted by molar-refractivity contribution is 5.26. The number of hydrogen-bond donors (Lipinski definition) is 1. The van der Waals surface area contributed by atoms with Crippen LogP contribution in [0.25, 0.3) is 0 Å². The second-order valence-corrected chi connectivity index (χ2v) is 6.41. The molecular formula is C15H21N3. The molecule has 2 aliphatic carbocycles. The normalized spacial score (nSPS) is 47.2. The minimum absolute atomic E-state index is 0.401. The van der Waals surface area contributed by atoms with Gasteiger partial charge in [0.25, 0.3) is 0 Å². The molecule has 0 spiro atoms. The van der Waals surface area contributed by atoms with Gasteiger partial charge in [0.2, 0.25) is 0 Å². The fraction of sp³-hybridized carbons (Fsp3) is 0.867. The van der Waals surface area contributed by atoms with Crippen LogP contribution in [0.4, 0.5) is 0 Å². The number of piperidine rings is 1. The van der Waals surface area contributed by atoms with Crippen molar-refractivity contribution in [1.29, 1.82) is 10.5 Å². The smallest absolute Gasteiger partial charge is 0.110 e. The Morgan fingerprint density at radius 3 is 1.78 bits per heavy atom. The minimum atomic E-state index is -0.401. The Kier molecular flexibility index (Phi) is 2.83. The molecule has 0 bridgehead atoms. The van der Waals surface area contributed by atoms with Crippen LogP contribution in [0.5, 0.6) is 0 Å². The zero-order chi connectivity index (χ0) is 12.6. The Morgan fingerprint density at radius 2 is 1.33 bits per heavy atom. The van der Waals surface area contributed by atoms with Gasteiger partial charge >= 0.3 is 0 Å². The molecule has 3 rings (SSSR count). The maximum atomic E-state index is 9.66. The largest absolute Gasteiger partial charge is 0.281 e. The lowest BCUT2D eigenvalue weighted by Crippen LogP contribution is -2.69. The van der Waals surface area contributed by atoms with Gasteiger partial charge in [0.05, 0.1) is 12.1 Å².